The summed E-state index contributed by atoms with van der Waals surface area (Å²) in [4.78, 5) is 34.6. The van der Waals surface area contributed by atoms with E-state index in [0.717, 1.165) is 24.3 Å². The first-order valence-electron chi connectivity index (χ1n) is 9.52. The lowest BCUT2D eigenvalue weighted by atomic mass is 10.1. The lowest BCUT2D eigenvalue weighted by Gasteiger charge is -2.13. The zero-order valence-electron chi connectivity index (χ0n) is 17.2. The molecule has 0 aliphatic rings. The van der Waals surface area contributed by atoms with E-state index < -0.39 is 38.9 Å². The van der Waals surface area contributed by atoms with Crippen LogP contribution in [0.5, 0.6) is 0 Å². The average molecular weight is 471 g/mol. The third-order valence-corrected chi connectivity index (χ3v) is 6.10. The Bertz CT molecular complexity index is 1320. The summed E-state index contributed by atoms with van der Waals surface area (Å²) < 4.78 is 40.9. The number of rotatable bonds is 8. The van der Waals surface area contributed by atoms with Crippen LogP contribution >= 0.6 is 0 Å². The van der Waals surface area contributed by atoms with Crippen LogP contribution < -0.4 is 10.0 Å². The van der Waals surface area contributed by atoms with Crippen LogP contribution in [0.25, 0.3) is 0 Å². The molecule has 170 valence electrons. The van der Waals surface area contributed by atoms with Crippen molar-refractivity contribution < 1.29 is 27.3 Å². The number of nitro groups is 1. The fourth-order valence-corrected chi connectivity index (χ4v) is 4.25. The first-order valence-corrected chi connectivity index (χ1v) is 11.0. The number of non-ortho nitro benzene ring substituents is 1. The number of ketones is 1. The van der Waals surface area contributed by atoms with E-state index in [1.54, 1.807) is 6.92 Å². The summed E-state index contributed by atoms with van der Waals surface area (Å²) in [5, 5.41) is 13.2. The van der Waals surface area contributed by atoms with Gasteiger partial charge in [0.25, 0.3) is 15.7 Å². The number of halogens is 1. The third-order valence-electron chi connectivity index (χ3n) is 4.58. The van der Waals surface area contributed by atoms with Gasteiger partial charge in [-0.25, -0.2) is 12.8 Å². The summed E-state index contributed by atoms with van der Waals surface area (Å²) in [6, 6.07) is 13.8. The van der Waals surface area contributed by atoms with Crippen molar-refractivity contribution in [3.8, 4) is 0 Å². The number of benzene rings is 3. The number of hydrogen-bond acceptors (Lipinski definition) is 6. The van der Waals surface area contributed by atoms with Crippen LogP contribution in [0.2, 0.25) is 0 Å². The molecule has 0 bridgehead atoms. The maximum atomic E-state index is 13.1. The molecule has 0 radical (unpaired) electrons. The van der Waals surface area contributed by atoms with E-state index in [0.29, 0.717) is 5.56 Å². The highest BCUT2D eigenvalue weighted by atomic mass is 32.2. The second kappa shape index (κ2) is 9.57. The summed E-state index contributed by atoms with van der Waals surface area (Å²) in [7, 11) is -4.04. The topological polar surface area (TPSA) is 135 Å². The highest BCUT2D eigenvalue weighted by Crippen LogP contribution is 2.23. The standard InChI is InChI=1S/C22H18FN3O6S/c1-14-2-7-18(12-21(14)33(31,32)25-17-8-5-16(23)6-9-17)24-22(28)13-20(27)15-3-10-19(11-4-15)26(29)30/h2-12,25H,13H2,1H3,(H,24,28). The molecule has 0 saturated carbocycles. The molecule has 3 aromatic carbocycles. The number of nitro benzene ring substituents is 1. The number of carbonyl (C=O) groups is 2. The lowest BCUT2D eigenvalue weighted by molar-refractivity contribution is -0.384. The Hall–Kier alpha value is -4.12. The minimum atomic E-state index is -4.04. The second-order valence-corrected chi connectivity index (χ2v) is 8.70. The zero-order chi connectivity index (χ0) is 24.2. The van der Waals surface area contributed by atoms with E-state index in [4.69, 9.17) is 0 Å². The van der Waals surface area contributed by atoms with Gasteiger partial charge in [-0.05, 0) is 61.0 Å². The van der Waals surface area contributed by atoms with Crippen molar-refractivity contribution in [3.63, 3.8) is 0 Å². The third kappa shape index (κ3) is 5.98. The summed E-state index contributed by atoms with van der Waals surface area (Å²) in [6.07, 6.45) is -0.540. The summed E-state index contributed by atoms with van der Waals surface area (Å²) in [5.41, 5.74) is 0.676. The monoisotopic (exact) mass is 471 g/mol. The molecule has 0 spiro atoms. The molecular formula is C22H18FN3O6S. The van der Waals surface area contributed by atoms with Crippen LogP contribution in [0, 0.1) is 22.9 Å². The number of sulfonamides is 1. The average Bonchev–Trinajstić information content (AvgIpc) is 2.76. The fourth-order valence-electron chi connectivity index (χ4n) is 2.92. The van der Waals surface area contributed by atoms with Crippen molar-refractivity contribution in [3.05, 3.63) is 93.8 Å². The van der Waals surface area contributed by atoms with Crippen LogP contribution in [-0.2, 0) is 14.8 Å². The molecule has 0 aliphatic carbocycles. The second-order valence-electron chi connectivity index (χ2n) is 7.04. The molecule has 33 heavy (non-hydrogen) atoms. The number of carbonyl (C=O) groups excluding carboxylic acids is 2. The molecule has 3 rings (SSSR count). The molecule has 9 nitrogen and oxygen atoms in total. The Morgan fingerprint density at radius 3 is 2.18 bits per heavy atom. The van der Waals surface area contributed by atoms with E-state index in [2.05, 4.69) is 10.0 Å². The van der Waals surface area contributed by atoms with Crippen molar-refractivity contribution in [2.24, 2.45) is 0 Å². The first kappa shape index (κ1) is 23.5. The summed E-state index contributed by atoms with van der Waals surface area (Å²) in [6.45, 7) is 1.57. The quantitative estimate of drug-likeness (QED) is 0.220. The predicted molar refractivity (Wildman–Crippen MR) is 119 cm³/mol. The molecule has 3 aromatic rings. The van der Waals surface area contributed by atoms with Gasteiger partial charge in [0.1, 0.15) is 5.82 Å². The molecule has 0 heterocycles. The van der Waals surface area contributed by atoms with E-state index in [1.165, 1.54) is 42.5 Å². The Balaban J connectivity index is 1.72. The minimum absolute atomic E-state index is 0.105. The molecule has 1 amide bonds. The number of nitrogens with zero attached hydrogens (tertiary/aromatic N) is 1. The lowest BCUT2D eigenvalue weighted by Crippen LogP contribution is -2.18. The number of aryl methyl sites for hydroxylation is 1. The molecule has 0 atom stereocenters. The highest BCUT2D eigenvalue weighted by Gasteiger charge is 2.19. The molecule has 0 unspecified atom stereocenters. The van der Waals surface area contributed by atoms with Crippen LogP contribution in [0.15, 0.2) is 71.6 Å². The number of Topliss-reactive ketones (excluding diaryl/α,β-unsaturated/α-hetero) is 1. The molecule has 2 N–H and O–H groups in total. The number of hydrogen-bond donors (Lipinski definition) is 2. The van der Waals surface area contributed by atoms with Crippen molar-refractivity contribution >= 4 is 38.8 Å². The summed E-state index contributed by atoms with van der Waals surface area (Å²) >= 11 is 0. The van der Waals surface area contributed by atoms with Crippen LogP contribution in [-0.4, -0.2) is 25.0 Å². The van der Waals surface area contributed by atoms with Gasteiger partial charge in [-0.3, -0.25) is 24.4 Å². The van der Waals surface area contributed by atoms with Gasteiger partial charge in [-0.1, -0.05) is 6.07 Å². The molecular weight excluding hydrogens is 453 g/mol. The van der Waals surface area contributed by atoms with Gasteiger partial charge in [-0.15, -0.1) is 0 Å². The predicted octanol–water partition coefficient (Wildman–Crippen LogP) is 4.05. The first-order chi connectivity index (χ1) is 15.5. The Morgan fingerprint density at radius 2 is 1.58 bits per heavy atom. The van der Waals surface area contributed by atoms with Crippen molar-refractivity contribution in [2.45, 2.75) is 18.2 Å². The zero-order valence-corrected chi connectivity index (χ0v) is 18.1. The Kier molecular flexibility index (Phi) is 6.83. The van der Waals surface area contributed by atoms with Crippen LogP contribution in [0.3, 0.4) is 0 Å². The fraction of sp³-hybridized carbons (Fsp3) is 0.0909. The number of anilines is 2. The largest absolute Gasteiger partial charge is 0.326 e. The number of amides is 1. The Labute approximate surface area is 188 Å². The maximum Gasteiger partial charge on any atom is 0.269 e. The molecule has 0 saturated heterocycles. The van der Waals surface area contributed by atoms with Gasteiger partial charge >= 0.3 is 0 Å². The van der Waals surface area contributed by atoms with Gasteiger partial charge in [0.2, 0.25) is 5.91 Å². The van der Waals surface area contributed by atoms with Gasteiger partial charge < -0.3 is 5.32 Å². The molecule has 0 fully saturated rings. The van der Waals surface area contributed by atoms with E-state index in [-0.39, 0.29) is 27.5 Å². The van der Waals surface area contributed by atoms with Gasteiger partial charge in [-0.2, -0.15) is 0 Å². The van der Waals surface area contributed by atoms with Crippen molar-refractivity contribution in [2.75, 3.05) is 10.0 Å². The molecule has 0 aromatic heterocycles. The van der Waals surface area contributed by atoms with Crippen molar-refractivity contribution in [1.29, 1.82) is 0 Å². The van der Waals surface area contributed by atoms with Gasteiger partial charge in [0.15, 0.2) is 5.78 Å². The minimum Gasteiger partial charge on any atom is -0.326 e. The number of nitrogens with one attached hydrogen (secondary N) is 2. The SMILES string of the molecule is Cc1ccc(NC(=O)CC(=O)c2ccc([N+](=O)[O-])cc2)cc1S(=O)(=O)Nc1ccc(F)cc1. The molecule has 0 aliphatic heterocycles. The Morgan fingerprint density at radius 1 is 0.970 bits per heavy atom. The van der Waals surface area contributed by atoms with Crippen molar-refractivity contribution in [1.82, 2.24) is 0 Å². The van der Waals surface area contributed by atoms with Gasteiger partial charge in [0, 0.05) is 29.1 Å². The van der Waals surface area contributed by atoms with Crippen LogP contribution in [0.4, 0.5) is 21.5 Å². The van der Waals surface area contributed by atoms with Crippen LogP contribution in [0.1, 0.15) is 22.3 Å². The van der Waals surface area contributed by atoms with E-state index >= 15 is 0 Å². The normalized spacial score (nSPS) is 11.0. The summed E-state index contributed by atoms with van der Waals surface area (Å²) in [5.74, 6) is -1.75. The molecule has 11 heteroatoms. The van der Waals surface area contributed by atoms with Gasteiger partial charge in [0.05, 0.1) is 16.2 Å². The highest BCUT2D eigenvalue weighted by molar-refractivity contribution is 7.92. The van der Waals surface area contributed by atoms with E-state index in [9.17, 15) is 32.5 Å². The van der Waals surface area contributed by atoms with E-state index in [1.807, 2.05) is 0 Å². The maximum absolute atomic E-state index is 13.1. The smallest absolute Gasteiger partial charge is 0.269 e.